The number of aliphatic hydroxyl groups excluding tert-OH is 1. The lowest BCUT2D eigenvalue weighted by Gasteiger charge is -2.13. The predicted molar refractivity (Wildman–Crippen MR) is 73.9 cm³/mol. The number of hydrogen-bond donors (Lipinski definition) is 1. The van der Waals surface area contributed by atoms with E-state index in [2.05, 4.69) is 6.92 Å². The van der Waals surface area contributed by atoms with Crippen molar-refractivity contribution in [3.8, 4) is 0 Å². The van der Waals surface area contributed by atoms with Gasteiger partial charge in [-0.1, -0.05) is 51.9 Å². The van der Waals surface area contributed by atoms with E-state index in [9.17, 15) is 18.3 Å². The normalized spacial score (nSPS) is 12.7. The molecule has 1 unspecified atom stereocenters. The summed E-state index contributed by atoms with van der Waals surface area (Å²) in [6, 6.07) is 1.21. The molecule has 0 aliphatic rings. The molecule has 0 amide bonds. The molecule has 1 aromatic rings. The largest absolute Gasteiger partial charge is 0.388 e. The Hall–Kier alpha value is -1.03. The van der Waals surface area contributed by atoms with Gasteiger partial charge in [-0.25, -0.2) is 13.2 Å². The summed E-state index contributed by atoms with van der Waals surface area (Å²) < 4.78 is 39.6. The minimum Gasteiger partial charge on any atom is -0.388 e. The van der Waals surface area contributed by atoms with Crippen molar-refractivity contribution in [3.63, 3.8) is 0 Å². The standard InChI is InChI=1S/C16H23F3O/c1-2-3-4-5-6-7-8-9-15(20)16-13(18)10-12(17)11-14(16)19/h10-11,15,20H,2-9H2,1H3. The Kier molecular flexibility index (Phi) is 7.67. The fourth-order valence-corrected chi connectivity index (χ4v) is 2.31. The van der Waals surface area contributed by atoms with Gasteiger partial charge >= 0.3 is 0 Å². The van der Waals surface area contributed by atoms with Gasteiger partial charge in [-0.05, 0) is 6.42 Å². The van der Waals surface area contributed by atoms with Crippen LogP contribution < -0.4 is 0 Å². The van der Waals surface area contributed by atoms with Gasteiger partial charge in [0.1, 0.15) is 17.5 Å². The molecule has 0 radical (unpaired) electrons. The molecule has 0 aromatic heterocycles. The van der Waals surface area contributed by atoms with Gasteiger partial charge < -0.3 is 5.11 Å². The van der Waals surface area contributed by atoms with Crippen LogP contribution >= 0.6 is 0 Å². The fraction of sp³-hybridized carbons (Fsp3) is 0.625. The van der Waals surface area contributed by atoms with Crippen LogP contribution in [-0.2, 0) is 0 Å². The summed E-state index contributed by atoms with van der Waals surface area (Å²) in [5.74, 6) is -3.00. The van der Waals surface area contributed by atoms with Crippen LogP contribution in [0.15, 0.2) is 12.1 Å². The smallest absolute Gasteiger partial charge is 0.134 e. The Morgan fingerprint density at radius 2 is 1.40 bits per heavy atom. The summed E-state index contributed by atoms with van der Waals surface area (Å²) in [5.41, 5.74) is -0.419. The first-order chi connectivity index (χ1) is 9.56. The lowest BCUT2D eigenvalue weighted by Crippen LogP contribution is -2.05. The lowest BCUT2D eigenvalue weighted by atomic mass is 10.0. The second kappa shape index (κ2) is 9.01. The number of aliphatic hydroxyl groups is 1. The first-order valence-electron chi connectivity index (χ1n) is 7.38. The first kappa shape index (κ1) is 17.0. The molecule has 1 nitrogen and oxygen atoms in total. The fourth-order valence-electron chi connectivity index (χ4n) is 2.31. The summed E-state index contributed by atoms with van der Waals surface area (Å²) in [6.07, 6.45) is 6.61. The number of halogens is 3. The van der Waals surface area contributed by atoms with Crippen LogP contribution in [0.5, 0.6) is 0 Å². The molecule has 1 atom stereocenters. The maximum atomic E-state index is 13.4. The molecule has 1 N–H and O–H groups in total. The average molecular weight is 288 g/mol. The number of benzene rings is 1. The van der Waals surface area contributed by atoms with E-state index < -0.39 is 29.1 Å². The molecule has 4 heteroatoms. The molecule has 0 spiro atoms. The number of rotatable bonds is 9. The summed E-state index contributed by atoms with van der Waals surface area (Å²) in [7, 11) is 0. The van der Waals surface area contributed by atoms with E-state index in [1.54, 1.807) is 0 Å². The molecule has 20 heavy (non-hydrogen) atoms. The van der Waals surface area contributed by atoms with E-state index in [0.29, 0.717) is 25.0 Å². The van der Waals surface area contributed by atoms with E-state index in [4.69, 9.17) is 0 Å². The SMILES string of the molecule is CCCCCCCCCC(O)c1c(F)cc(F)cc1F. The quantitative estimate of drug-likeness (QED) is 0.613. The first-order valence-corrected chi connectivity index (χ1v) is 7.38. The van der Waals surface area contributed by atoms with Crippen molar-refractivity contribution in [3.05, 3.63) is 35.1 Å². The van der Waals surface area contributed by atoms with Gasteiger partial charge in [0.15, 0.2) is 0 Å². The predicted octanol–water partition coefficient (Wildman–Crippen LogP) is 5.28. The minimum atomic E-state index is -1.20. The highest BCUT2D eigenvalue weighted by molar-refractivity contribution is 5.23. The zero-order chi connectivity index (χ0) is 15.0. The molecule has 0 fully saturated rings. The maximum absolute atomic E-state index is 13.4. The number of hydrogen-bond acceptors (Lipinski definition) is 1. The molecule has 0 aliphatic carbocycles. The summed E-state index contributed by atoms with van der Waals surface area (Å²) in [5, 5.41) is 9.81. The monoisotopic (exact) mass is 288 g/mol. The third kappa shape index (κ3) is 5.53. The van der Waals surface area contributed by atoms with Gasteiger partial charge in [0.2, 0.25) is 0 Å². The lowest BCUT2D eigenvalue weighted by molar-refractivity contribution is 0.153. The molecule has 0 saturated carbocycles. The molecular formula is C16H23F3O. The van der Waals surface area contributed by atoms with Crippen molar-refractivity contribution in [1.82, 2.24) is 0 Å². The van der Waals surface area contributed by atoms with E-state index in [-0.39, 0.29) is 0 Å². The van der Waals surface area contributed by atoms with E-state index in [1.165, 1.54) is 19.3 Å². The van der Waals surface area contributed by atoms with Crippen molar-refractivity contribution in [1.29, 1.82) is 0 Å². The van der Waals surface area contributed by atoms with Gasteiger partial charge in [-0.15, -0.1) is 0 Å². The summed E-state index contributed by atoms with van der Waals surface area (Å²) >= 11 is 0. The molecule has 0 bridgehead atoms. The number of unbranched alkanes of at least 4 members (excludes halogenated alkanes) is 6. The van der Waals surface area contributed by atoms with Gasteiger partial charge in [-0.2, -0.15) is 0 Å². The average Bonchev–Trinajstić information content (AvgIpc) is 2.36. The Labute approximate surface area is 118 Å². The van der Waals surface area contributed by atoms with Crippen LogP contribution in [0.4, 0.5) is 13.2 Å². The van der Waals surface area contributed by atoms with Crippen molar-refractivity contribution < 1.29 is 18.3 Å². The van der Waals surface area contributed by atoms with Crippen molar-refractivity contribution in [2.75, 3.05) is 0 Å². The van der Waals surface area contributed by atoms with Crippen molar-refractivity contribution in [2.24, 2.45) is 0 Å². The van der Waals surface area contributed by atoms with Crippen LogP contribution in [0.25, 0.3) is 0 Å². The van der Waals surface area contributed by atoms with E-state index in [0.717, 1.165) is 19.3 Å². The Morgan fingerprint density at radius 3 is 1.95 bits per heavy atom. The zero-order valence-corrected chi connectivity index (χ0v) is 12.0. The molecule has 0 aliphatic heterocycles. The third-order valence-electron chi connectivity index (χ3n) is 3.46. The molecule has 1 aromatic carbocycles. The second-order valence-electron chi connectivity index (χ2n) is 5.21. The van der Waals surface area contributed by atoms with Gasteiger partial charge in [0.05, 0.1) is 11.7 Å². The zero-order valence-electron chi connectivity index (χ0n) is 12.0. The van der Waals surface area contributed by atoms with Crippen LogP contribution in [0.2, 0.25) is 0 Å². The highest BCUT2D eigenvalue weighted by Crippen LogP contribution is 2.26. The topological polar surface area (TPSA) is 20.2 Å². The molecule has 0 saturated heterocycles. The van der Waals surface area contributed by atoms with Crippen LogP contribution in [0.1, 0.15) is 70.0 Å². The molecule has 1 rings (SSSR count). The van der Waals surface area contributed by atoms with Gasteiger partial charge in [0, 0.05) is 12.1 Å². The van der Waals surface area contributed by atoms with Crippen molar-refractivity contribution >= 4 is 0 Å². The Bertz CT molecular complexity index is 384. The van der Waals surface area contributed by atoms with Crippen LogP contribution in [0, 0.1) is 17.5 Å². The van der Waals surface area contributed by atoms with E-state index >= 15 is 0 Å². The van der Waals surface area contributed by atoms with Gasteiger partial charge in [0.25, 0.3) is 0 Å². The van der Waals surface area contributed by atoms with E-state index in [1.807, 2.05) is 0 Å². The third-order valence-corrected chi connectivity index (χ3v) is 3.46. The van der Waals surface area contributed by atoms with Gasteiger partial charge in [-0.3, -0.25) is 0 Å². The summed E-state index contributed by atoms with van der Waals surface area (Å²) in [6.45, 7) is 2.15. The maximum Gasteiger partial charge on any atom is 0.134 e. The Balaban J connectivity index is 2.34. The highest BCUT2D eigenvalue weighted by Gasteiger charge is 2.18. The summed E-state index contributed by atoms with van der Waals surface area (Å²) in [4.78, 5) is 0. The highest BCUT2D eigenvalue weighted by atomic mass is 19.1. The second-order valence-corrected chi connectivity index (χ2v) is 5.21. The Morgan fingerprint density at radius 1 is 0.900 bits per heavy atom. The molecule has 0 heterocycles. The molecular weight excluding hydrogens is 265 g/mol. The van der Waals surface area contributed by atoms with Crippen LogP contribution in [-0.4, -0.2) is 5.11 Å². The van der Waals surface area contributed by atoms with Crippen LogP contribution in [0.3, 0.4) is 0 Å². The minimum absolute atomic E-state index is 0.299. The van der Waals surface area contributed by atoms with Crippen molar-refractivity contribution in [2.45, 2.75) is 64.4 Å². The molecule has 114 valence electrons.